The number of benzene rings is 3. The molecule has 5 rings (SSSR count). The number of aromatic nitrogens is 1. The number of hydrogen-bond donors (Lipinski definition) is 3. The molecule has 0 unspecified atom stereocenters. The Balaban J connectivity index is 1.27. The van der Waals surface area contributed by atoms with Crippen LogP contribution in [-0.4, -0.2) is 40.0 Å². The van der Waals surface area contributed by atoms with E-state index in [0.717, 1.165) is 71.8 Å². The number of aryl methyl sites for hydroxylation is 2. The second-order valence-electron chi connectivity index (χ2n) is 11.6. The number of carboxylic acids is 1. The Hall–Kier alpha value is -4.39. The van der Waals surface area contributed by atoms with Gasteiger partial charge in [0.15, 0.2) is 0 Å². The van der Waals surface area contributed by atoms with Crippen LogP contribution in [0.25, 0.3) is 22.0 Å². The minimum absolute atomic E-state index is 0.225. The van der Waals surface area contributed by atoms with Crippen LogP contribution in [0.4, 0.5) is 0 Å². The normalized spacial score (nSPS) is 16.7. The molecule has 2 atom stereocenters. The van der Waals surface area contributed by atoms with E-state index in [2.05, 4.69) is 69.9 Å². The molecule has 43 heavy (non-hydrogen) atoms. The van der Waals surface area contributed by atoms with E-state index in [1.165, 1.54) is 0 Å². The molecule has 2 amide bonds. The summed E-state index contributed by atoms with van der Waals surface area (Å²) in [5.74, 6) is -2.35. The van der Waals surface area contributed by atoms with E-state index in [1.54, 1.807) is 0 Å². The lowest BCUT2D eigenvalue weighted by Gasteiger charge is -2.22. The van der Waals surface area contributed by atoms with E-state index in [4.69, 9.17) is 0 Å². The lowest BCUT2D eigenvalue weighted by atomic mass is 9.94. The summed E-state index contributed by atoms with van der Waals surface area (Å²) in [5, 5.41) is 16.6. The van der Waals surface area contributed by atoms with Crippen molar-refractivity contribution >= 4 is 28.7 Å². The van der Waals surface area contributed by atoms with Crippen molar-refractivity contribution in [3.8, 4) is 11.1 Å². The Morgan fingerprint density at radius 1 is 0.907 bits per heavy atom. The summed E-state index contributed by atoms with van der Waals surface area (Å²) in [4.78, 5) is 38.6. The Labute approximate surface area is 253 Å². The fraction of sp³-hybridized carbons (Fsp3) is 0.361. The molecule has 7 heteroatoms. The molecule has 4 aromatic rings. The van der Waals surface area contributed by atoms with Gasteiger partial charge in [0, 0.05) is 42.5 Å². The fourth-order valence-electron chi connectivity index (χ4n) is 6.07. The summed E-state index contributed by atoms with van der Waals surface area (Å²) in [5.41, 5.74) is 5.56. The molecular formula is C36H41N3O4. The number of nitrogens with one attached hydrogen (secondary N) is 2. The maximum absolute atomic E-state index is 13.5. The molecule has 1 aromatic heterocycles. The third kappa shape index (κ3) is 8.13. The third-order valence-corrected chi connectivity index (χ3v) is 8.42. The first-order valence-corrected chi connectivity index (χ1v) is 15.5. The van der Waals surface area contributed by atoms with Crippen LogP contribution in [0.1, 0.15) is 56.1 Å². The second-order valence-corrected chi connectivity index (χ2v) is 11.6. The SMILES string of the molecule is O=C(O)C[C@@H](CCCc1ccc(-c2ccccc2)cc1)C(=O)N[C@H]1Cc2cn(c3ccccc23)CCCCCCNC1=O. The van der Waals surface area contributed by atoms with Crippen LogP contribution in [0.2, 0.25) is 0 Å². The predicted octanol–water partition coefficient (Wildman–Crippen LogP) is 6.14. The van der Waals surface area contributed by atoms with Gasteiger partial charge in [-0.3, -0.25) is 14.4 Å². The first-order chi connectivity index (χ1) is 21.0. The quantitative estimate of drug-likeness (QED) is 0.222. The van der Waals surface area contributed by atoms with Crippen LogP contribution in [-0.2, 0) is 33.8 Å². The Bertz CT molecular complexity index is 1530. The summed E-state index contributed by atoms with van der Waals surface area (Å²) < 4.78 is 2.25. The maximum atomic E-state index is 13.5. The van der Waals surface area contributed by atoms with Crippen LogP contribution in [0.3, 0.4) is 0 Å². The van der Waals surface area contributed by atoms with Gasteiger partial charge in [-0.1, -0.05) is 85.6 Å². The Morgan fingerprint density at radius 3 is 2.42 bits per heavy atom. The van der Waals surface area contributed by atoms with Gasteiger partial charge >= 0.3 is 5.97 Å². The average molecular weight is 580 g/mol. The van der Waals surface area contributed by atoms with Gasteiger partial charge in [-0.05, 0) is 60.4 Å². The number of para-hydroxylation sites is 1. The van der Waals surface area contributed by atoms with E-state index < -0.39 is 17.9 Å². The molecule has 224 valence electrons. The van der Waals surface area contributed by atoms with Crippen molar-refractivity contribution in [2.45, 2.75) is 70.4 Å². The number of fused-ring (bicyclic) bond motifs is 5. The van der Waals surface area contributed by atoms with Crippen LogP contribution >= 0.6 is 0 Å². The zero-order chi connectivity index (χ0) is 30.0. The highest BCUT2D eigenvalue weighted by Crippen LogP contribution is 2.25. The molecule has 0 fully saturated rings. The standard InChI is InChI=1S/C36H41N3O4/c40-34(41)24-29(14-10-11-26-17-19-28(20-18-26)27-12-4-3-5-13-27)35(42)38-32-23-30-25-39(33-16-7-6-15-31(30)33)22-9-2-1-8-21-37-36(32)43/h3-7,12-13,15-20,25,29,32H,1-2,8-11,14,21-24H2,(H,37,43)(H,38,42)(H,40,41)/t29-,32+/m1/s1. The van der Waals surface area contributed by atoms with Crippen molar-refractivity contribution in [2.24, 2.45) is 5.92 Å². The number of carbonyl (C=O) groups excluding carboxylic acids is 2. The van der Waals surface area contributed by atoms with Gasteiger partial charge in [-0.2, -0.15) is 0 Å². The smallest absolute Gasteiger partial charge is 0.304 e. The molecule has 1 aliphatic rings. The molecule has 0 aliphatic carbocycles. The first-order valence-electron chi connectivity index (χ1n) is 15.5. The van der Waals surface area contributed by atoms with Gasteiger partial charge < -0.3 is 20.3 Å². The van der Waals surface area contributed by atoms with Crippen LogP contribution in [0, 0.1) is 5.92 Å². The van der Waals surface area contributed by atoms with E-state index >= 15 is 0 Å². The molecule has 7 nitrogen and oxygen atoms in total. The van der Waals surface area contributed by atoms with Gasteiger partial charge in [-0.25, -0.2) is 0 Å². The van der Waals surface area contributed by atoms with Crippen molar-refractivity contribution in [1.82, 2.24) is 15.2 Å². The van der Waals surface area contributed by atoms with Gasteiger partial charge in [0.2, 0.25) is 11.8 Å². The summed E-state index contributed by atoms with van der Waals surface area (Å²) in [6.07, 6.45) is 8.08. The van der Waals surface area contributed by atoms with Crippen molar-refractivity contribution in [1.29, 1.82) is 0 Å². The number of amides is 2. The summed E-state index contributed by atoms with van der Waals surface area (Å²) in [6.45, 7) is 1.47. The topological polar surface area (TPSA) is 100 Å². The van der Waals surface area contributed by atoms with Crippen molar-refractivity contribution < 1.29 is 19.5 Å². The minimum atomic E-state index is -1.02. The van der Waals surface area contributed by atoms with Gasteiger partial charge in [0.05, 0.1) is 6.42 Å². The number of rotatable bonds is 9. The minimum Gasteiger partial charge on any atom is -0.481 e. The summed E-state index contributed by atoms with van der Waals surface area (Å²) in [6, 6.07) is 25.9. The number of nitrogens with zero attached hydrogens (tertiary/aromatic N) is 1. The average Bonchev–Trinajstić information content (AvgIpc) is 3.37. The largest absolute Gasteiger partial charge is 0.481 e. The second kappa shape index (κ2) is 14.7. The van der Waals surface area contributed by atoms with Gasteiger partial charge in [0.25, 0.3) is 0 Å². The highest BCUT2D eigenvalue weighted by atomic mass is 16.4. The highest BCUT2D eigenvalue weighted by molar-refractivity contribution is 5.91. The zero-order valence-electron chi connectivity index (χ0n) is 24.6. The van der Waals surface area contributed by atoms with Crippen LogP contribution in [0.5, 0.6) is 0 Å². The van der Waals surface area contributed by atoms with Crippen molar-refractivity contribution in [3.05, 3.63) is 96.2 Å². The molecule has 3 N–H and O–H groups in total. The Kier molecular flexibility index (Phi) is 10.3. The van der Waals surface area contributed by atoms with Gasteiger partial charge in [-0.15, -0.1) is 0 Å². The number of aliphatic carboxylic acids is 1. The monoisotopic (exact) mass is 579 g/mol. The molecule has 3 aromatic carbocycles. The highest BCUT2D eigenvalue weighted by Gasteiger charge is 2.28. The molecule has 2 heterocycles. The zero-order valence-corrected chi connectivity index (χ0v) is 24.6. The fourth-order valence-corrected chi connectivity index (χ4v) is 6.07. The first kappa shape index (κ1) is 30.1. The molecule has 0 saturated carbocycles. The number of carbonyl (C=O) groups is 3. The summed E-state index contributed by atoms with van der Waals surface area (Å²) in [7, 11) is 0. The van der Waals surface area contributed by atoms with Crippen LogP contribution < -0.4 is 10.6 Å². The van der Waals surface area contributed by atoms with Gasteiger partial charge in [0.1, 0.15) is 6.04 Å². The number of carboxylic acid groups (broad SMARTS) is 1. The van der Waals surface area contributed by atoms with E-state index in [-0.39, 0.29) is 18.2 Å². The Morgan fingerprint density at radius 2 is 1.63 bits per heavy atom. The molecule has 0 radical (unpaired) electrons. The molecule has 2 bridgehead atoms. The van der Waals surface area contributed by atoms with E-state index in [0.29, 0.717) is 25.8 Å². The molecule has 1 aliphatic heterocycles. The van der Waals surface area contributed by atoms with Crippen molar-refractivity contribution in [2.75, 3.05) is 6.54 Å². The predicted molar refractivity (Wildman–Crippen MR) is 170 cm³/mol. The molecule has 0 spiro atoms. The number of hydrogen-bond acceptors (Lipinski definition) is 3. The lowest BCUT2D eigenvalue weighted by molar-refractivity contribution is -0.141. The van der Waals surface area contributed by atoms with E-state index in [9.17, 15) is 19.5 Å². The van der Waals surface area contributed by atoms with Crippen LogP contribution in [0.15, 0.2) is 85.1 Å². The third-order valence-electron chi connectivity index (χ3n) is 8.42. The van der Waals surface area contributed by atoms with Crippen molar-refractivity contribution in [3.63, 3.8) is 0 Å². The molecular weight excluding hydrogens is 538 g/mol. The lowest BCUT2D eigenvalue weighted by Crippen LogP contribution is -2.50. The summed E-state index contributed by atoms with van der Waals surface area (Å²) >= 11 is 0. The maximum Gasteiger partial charge on any atom is 0.304 e. The van der Waals surface area contributed by atoms with E-state index in [1.807, 2.05) is 30.3 Å². The molecule has 0 saturated heterocycles.